The summed E-state index contributed by atoms with van der Waals surface area (Å²) >= 11 is 1.73. The summed E-state index contributed by atoms with van der Waals surface area (Å²) in [6, 6.07) is 18.7. The SMILES string of the molecule is CC(=O)O[C@H]1OC(c2ccc(C)c(Cc3ccc(-c4cccc(CN5CCN(C)CC5)c4)s3)c2)[C@H](OC(C)=O)[C@@H](OC(C)=O)[C@@H]1OC(C)=O. The van der Waals surface area contributed by atoms with Gasteiger partial charge in [-0.05, 0) is 60.0 Å². The predicted molar refractivity (Wildman–Crippen MR) is 183 cm³/mol. The highest BCUT2D eigenvalue weighted by Gasteiger charge is 2.53. The fourth-order valence-corrected chi connectivity index (χ4v) is 7.29. The number of thiophene rings is 1. The van der Waals surface area contributed by atoms with Crippen LogP contribution in [-0.4, -0.2) is 91.5 Å². The average Bonchev–Trinajstić information content (AvgIpc) is 3.50. The summed E-state index contributed by atoms with van der Waals surface area (Å²) in [5.41, 5.74) is 5.14. The van der Waals surface area contributed by atoms with E-state index in [4.69, 9.17) is 23.7 Å². The van der Waals surface area contributed by atoms with Crippen molar-refractivity contribution in [2.75, 3.05) is 33.2 Å². The van der Waals surface area contributed by atoms with E-state index < -0.39 is 54.6 Å². The molecule has 0 spiro atoms. The number of carbonyl (C=O) groups excluding carboxylic acids is 4. The van der Waals surface area contributed by atoms with Crippen LogP contribution in [0.1, 0.15) is 60.9 Å². The smallest absolute Gasteiger partial charge is 0.305 e. The Labute approximate surface area is 291 Å². The summed E-state index contributed by atoms with van der Waals surface area (Å²) in [5, 5.41) is 0. The molecule has 2 aliphatic rings. The van der Waals surface area contributed by atoms with Crippen LogP contribution >= 0.6 is 11.3 Å². The average molecular weight is 693 g/mol. The van der Waals surface area contributed by atoms with E-state index in [-0.39, 0.29) is 0 Å². The van der Waals surface area contributed by atoms with Crippen molar-refractivity contribution in [3.05, 3.63) is 81.7 Å². The number of aryl methyl sites for hydroxylation is 1. The first-order valence-corrected chi connectivity index (χ1v) is 17.2. The molecule has 5 atom stereocenters. The number of hydrogen-bond donors (Lipinski definition) is 0. The first kappa shape index (κ1) is 36.2. The van der Waals surface area contributed by atoms with Gasteiger partial charge in [-0.25, -0.2) is 0 Å². The van der Waals surface area contributed by atoms with Crippen molar-refractivity contribution in [2.24, 2.45) is 0 Å². The number of ether oxygens (including phenoxy) is 5. The van der Waals surface area contributed by atoms with Crippen molar-refractivity contribution in [1.29, 1.82) is 0 Å². The minimum atomic E-state index is -1.43. The Hall–Kier alpha value is -4.10. The monoisotopic (exact) mass is 692 g/mol. The van der Waals surface area contributed by atoms with Crippen molar-refractivity contribution in [3.8, 4) is 10.4 Å². The van der Waals surface area contributed by atoms with Crippen molar-refractivity contribution in [1.82, 2.24) is 9.80 Å². The van der Waals surface area contributed by atoms with Crippen molar-refractivity contribution in [3.63, 3.8) is 0 Å². The molecule has 2 aliphatic heterocycles. The first-order valence-electron chi connectivity index (χ1n) is 16.4. The van der Waals surface area contributed by atoms with Gasteiger partial charge in [-0.3, -0.25) is 24.1 Å². The van der Waals surface area contributed by atoms with Gasteiger partial charge in [0.2, 0.25) is 12.4 Å². The summed E-state index contributed by atoms with van der Waals surface area (Å²) in [4.78, 5) is 55.8. The van der Waals surface area contributed by atoms with Crippen LogP contribution in [0.3, 0.4) is 0 Å². The second-order valence-corrected chi connectivity index (χ2v) is 13.8. The van der Waals surface area contributed by atoms with Gasteiger partial charge < -0.3 is 28.6 Å². The molecule has 0 bridgehead atoms. The molecule has 1 aromatic heterocycles. The fourth-order valence-electron chi connectivity index (χ4n) is 6.26. The Bertz CT molecular complexity index is 1660. The summed E-state index contributed by atoms with van der Waals surface area (Å²) in [6.45, 7) is 12.0. The molecule has 49 heavy (non-hydrogen) atoms. The molecule has 0 saturated carbocycles. The summed E-state index contributed by atoms with van der Waals surface area (Å²) in [7, 11) is 2.16. The first-order chi connectivity index (χ1) is 23.4. The number of likely N-dealkylation sites (N-methyl/N-ethyl adjacent to an activating group) is 1. The maximum absolute atomic E-state index is 12.3. The van der Waals surface area contributed by atoms with Crippen LogP contribution < -0.4 is 0 Å². The molecule has 0 amide bonds. The number of carbonyl (C=O) groups is 4. The maximum Gasteiger partial charge on any atom is 0.305 e. The quantitative estimate of drug-likeness (QED) is 0.215. The molecular weight excluding hydrogens is 648 g/mol. The van der Waals surface area contributed by atoms with Gasteiger partial charge in [-0.2, -0.15) is 0 Å². The van der Waals surface area contributed by atoms with Crippen LogP contribution in [0.5, 0.6) is 0 Å². The van der Waals surface area contributed by atoms with E-state index in [1.54, 1.807) is 11.3 Å². The van der Waals surface area contributed by atoms with Gasteiger partial charge in [0.05, 0.1) is 0 Å². The van der Waals surface area contributed by atoms with Gasteiger partial charge in [0.1, 0.15) is 6.10 Å². The lowest BCUT2D eigenvalue weighted by molar-refractivity contribution is -0.298. The molecule has 0 radical (unpaired) electrons. The molecule has 2 aromatic carbocycles. The molecule has 2 saturated heterocycles. The Kier molecular flexibility index (Phi) is 11.9. The zero-order chi connectivity index (χ0) is 35.2. The largest absolute Gasteiger partial charge is 0.455 e. The lowest BCUT2D eigenvalue weighted by atomic mass is 9.90. The Morgan fingerprint density at radius 2 is 1.43 bits per heavy atom. The highest BCUT2D eigenvalue weighted by atomic mass is 32.1. The lowest BCUT2D eigenvalue weighted by Gasteiger charge is -2.44. The number of rotatable bonds is 10. The molecule has 5 rings (SSSR count). The van der Waals surface area contributed by atoms with Gasteiger partial charge in [-0.1, -0.05) is 36.4 Å². The highest BCUT2D eigenvalue weighted by Crippen LogP contribution is 2.39. The van der Waals surface area contributed by atoms with E-state index in [0.717, 1.165) is 55.7 Å². The van der Waals surface area contributed by atoms with Crippen LogP contribution in [-0.2, 0) is 55.8 Å². The molecule has 0 aliphatic carbocycles. The van der Waals surface area contributed by atoms with Gasteiger partial charge in [0.25, 0.3) is 0 Å². The molecule has 3 heterocycles. The van der Waals surface area contributed by atoms with Crippen molar-refractivity contribution in [2.45, 2.75) is 78.3 Å². The molecular formula is C37H44N2O9S. The third-order valence-corrected chi connectivity index (χ3v) is 9.76. The summed E-state index contributed by atoms with van der Waals surface area (Å²) in [5.74, 6) is -2.78. The standard InChI is InChI=1S/C37H44N2O9S/c1-22-10-11-29(33-34(44-23(2)40)35(45-24(3)41)36(46-25(4)42)37(48-33)47-26(5)43)19-30(22)20-31-12-13-32(49-31)28-9-7-8-27(18-28)21-39-16-14-38(6)15-17-39/h7-13,18-19,33-37H,14-17,20-21H2,1-6H3/t33?,34-,35+,36-,37-/m0/s1. The molecule has 0 N–H and O–H groups in total. The molecule has 12 heteroatoms. The number of nitrogens with zero attached hydrogens (tertiary/aromatic N) is 2. The van der Waals surface area contributed by atoms with E-state index in [9.17, 15) is 19.2 Å². The third-order valence-electron chi connectivity index (χ3n) is 8.62. The highest BCUT2D eigenvalue weighted by molar-refractivity contribution is 7.15. The third kappa shape index (κ3) is 9.54. The molecule has 11 nitrogen and oxygen atoms in total. The minimum Gasteiger partial charge on any atom is -0.455 e. The van der Waals surface area contributed by atoms with E-state index >= 15 is 0 Å². The van der Waals surface area contributed by atoms with Gasteiger partial charge in [0, 0.05) is 76.6 Å². The Morgan fingerprint density at radius 3 is 2.10 bits per heavy atom. The van der Waals surface area contributed by atoms with Gasteiger partial charge in [0.15, 0.2) is 12.2 Å². The van der Waals surface area contributed by atoms with Crippen LogP contribution in [0.4, 0.5) is 0 Å². The second kappa shape index (κ2) is 16.1. The second-order valence-electron chi connectivity index (χ2n) is 12.7. The number of esters is 4. The van der Waals surface area contributed by atoms with Crippen LogP contribution in [0.15, 0.2) is 54.6 Å². The predicted octanol–water partition coefficient (Wildman–Crippen LogP) is 4.82. The van der Waals surface area contributed by atoms with Gasteiger partial charge in [-0.15, -0.1) is 11.3 Å². The number of piperazine rings is 1. The maximum atomic E-state index is 12.3. The Morgan fingerprint density at radius 1 is 0.776 bits per heavy atom. The van der Waals surface area contributed by atoms with E-state index in [2.05, 4.69) is 53.2 Å². The fraction of sp³-hybridized carbons (Fsp3) is 0.459. The number of hydrogen-bond acceptors (Lipinski definition) is 12. The Balaban J connectivity index is 1.40. The molecule has 1 unspecified atom stereocenters. The zero-order valence-electron chi connectivity index (χ0n) is 28.8. The van der Waals surface area contributed by atoms with Crippen molar-refractivity contribution < 1.29 is 42.9 Å². The van der Waals surface area contributed by atoms with Crippen LogP contribution in [0.2, 0.25) is 0 Å². The molecule has 262 valence electrons. The van der Waals surface area contributed by atoms with Crippen LogP contribution in [0.25, 0.3) is 10.4 Å². The van der Waals surface area contributed by atoms with E-state index in [1.807, 2.05) is 25.1 Å². The normalized spacial score (nSPS) is 23.0. The van der Waals surface area contributed by atoms with Gasteiger partial charge >= 0.3 is 23.9 Å². The summed E-state index contributed by atoms with van der Waals surface area (Å²) in [6.07, 6.45) is -5.72. The summed E-state index contributed by atoms with van der Waals surface area (Å²) < 4.78 is 28.2. The minimum absolute atomic E-state index is 0.607. The van der Waals surface area contributed by atoms with E-state index in [1.165, 1.54) is 36.8 Å². The molecule has 2 fully saturated rings. The number of benzene rings is 2. The van der Waals surface area contributed by atoms with E-state index in [0.29, 0.717) is 12.0 Å². The van der Waals surface area contributed by atoms with Crippen molar-refractivity contribution >= 4 is 35.2 Å². The lowest BCUT2D eigenvalue weighted by Crippen LogP contribution is -2.59. The zero-order valence-corrected chi connectivity index (χ0v) is 29.6. The van der Waals surface area contributed by atoms with Crippen LogP contribution in [0, 0.1) is 6.92 Å². The molecule has 3 aromatic rings. The topological polar surface area (TPSA) is 121 Å².